The molecule has 6 aliphatic carbocycles. The maximum Gasteiger partial charge on any atom is 0.491 e. The molecule has 6 saturated carbocycles. The zero-order valence-corrected chi connectivity index (χ0v) is 69.0. The molecule has 7 nitrogen and oxygen atoms in total. The lowest BCUT2D eigenvalue weighted by Gasteiger charge is -2.25. The van der Waals surface area contributed by atoms with Crippen LogP contribution in [-0.4, -0.2) is 78.4 Å². The van der Waals surface area contributed by atoms with Crippen LogP contribution in [0.5, 0.6) is 0 Å². The number of fused-ring (bicyclic) bond motifs is 6. The minimum atomic E-state index is -0.711. The molecule has 0 aromatic heterocycles. The maximum atomic E-state index is 10.2. The zero-order valence-electron chi connectivity index (χ0n) is 69.0. The SMILES string of the molecule is OB1CCCc2ccc(CCC3CC3)cc21.OB1CCCc2ccc(CCC3CCC3)cc21.OB1CCCc2ccc(CCC3CCCC3)cc21.OB1CCCc2ccc(CCC3CCCCC3)cc21.OB1CCCc2ccc(CCC3CCCCCCC3)cc21.OB1OCCc2ccc(CCC3CCCCCC3)cc21. The molecule has 13 heteroatoms. The van der Waals surface area contributed by atoms with Crippen LogP contribution in [0, 0.1) is 35.5 Å². The van der Waals surface area contributed by atoms with Crippen molar-refractivity contribution < 1.29 is 34.8 Å². The molecule has 12 aliphatic rings. The lowest BCUT2D eigenvalue weighted by molar-refractivity contribution is 0.266. The number of benzene rings is 6. The van der Waals surface area contributed by atoms with Crippen LogP contribution in [0.1, 0.15) is 311 Å². The summed E-state index contributed by atoms with van der Waals surface area (Å²) >= 11 is 0. The van der Waals surface area contributed by atoms with Crippen molar-refractivity contribution in [3.8, 4) is 0 Å². The molecule has 111 heavy (non-hydrogen) atoms. The Morgan fingerprint density at radius 2 is 0.432 bits per heavy atom. The Hall–Kier alpha value is -4.57. The van der Waals surface area contributed by atoms with Gasteiger partial charge < -0.3 is 34.8 Å². The first kappa shape index (κ1) is 84.3. The second kappa shape index (κ2) is 44.7. The van der Waals surface area contributed by atoms with Crippen molar-refractivity contribution in [2.45, 2.75) is 353 Å². The van der Waals surface area contributed by atoms with Crippen molar-refractivity contribution in [2.75, 3.05) is 6.61 Å². The van der Waals surface area contributed by atoms with E-state index < -0.39 is 7.12 Å². The average Bonchev–Trinajstić information content (AvgIpc) is 1.25. The molecule has 0 amide bonds. The minimum absolute atomic E-state index is 0.204. The molecular weight excluding hydrogens is 1350 g/mol. The summed E-state index contributed by atoms with van der Waals surface area (Å²) in [4.78, 5) is 0. The third-order valence-electron chi connectivity index (χ3n) is 29.0. The summed E-state index contributed by atoms with van der Waals surface area (Å²) in [7, 11) is -0.711. The summed E-state index contributed by atoms with van der Waals surface area (Å²) in [6.45, 7) is -0.407. The van der Waals surface area contributed by atoms with E-state index in [2.05, 4.69) is 109 Å². The van der Waals surface area contributed by atoms with E-state index in [1.807, 2.05) is 0 Å². The Kier molecular flexibility index (Phi) is 33.9. The van der Waals surface area contributed by atoms with Gasteiger partial charge in [0, 0.05) is 6.61 Å². The maximum absolute atomic E-state index is 10.2. The predicted molar refractivity (Wildman–Crippen MR) is 475 cm³/mol. The third-order valence-corrected chi connectivity index (χ3v) is 29.0. The van der Waals surface area contributed by atoms with Crippen molar-refractivity contribution >= 4 is 74.5 Å². The van der Waals surface area contributed by atoms with Gasteiger partial charge in [-0.15, -0.1) is 0 Å². The predicted octanol–water partition coefficient (Wildman–Crippen LogP) is 18.0. The highest BCUT2D eigenvalue weighted by atomic mass is 16.5. The molecule has 0 radical (unpaired) electrons. The molecule has 594 valence electrons. The molecule has 0 spiro atoms. The van der Waals surface area contributed by atoms with Gasteiger partial charge in [-0.2, -0.15) is 0 Å². The fourth-order valence-corrected chi connectivity index (χ4v) is 21.2. The average molecular weight is 1500 g/mol. The van der Waals surface area contributed by atoms with Crippen LogP contribution in [0.4, 0.5) is 0 Å². The van der Waals surface area contributed by atoms with E-state index in [0.717, 1.165) is 150 Å². The van der Waals surface area contributed by atoms with Crippen LogP contribution in [0.3, 0.4) is 0 Å². The van der Waals surface area contributed by atoms with Gasteiger partial charge in [-0.05, 0) is 254 Å². The second-order valence-corrected chi connectivity index (χ2v) is 37.4. The van der Waals surface area contributed by atoms with Crippen molar-refractivity contribution in [1.29, 1.82) is 0 Å². The molecule has 0 bridgehead atoms. The van der Waals surface area contributed by atoms with Gasteiger partial charge in [0.25, 0.3) is 0 Å². The smallest absolute Gasteiger partial charge is 0.446 e. The van der Waals surface area contributed by atoms with E-state index in [4.69, 9.17) is 4.65 Å². The normalized spacial score (nSPS) is 20.3. The molecule has 6 aliphatic heterocycles. The Morgan fingerprint density at radius 1 is 0.225 bits per heavy atom. The van der Waals surface area contributed by atoms with Crippen molar-refractivity contribution in [3.05, 3.63) is 176 Å². The van der Waals surface area contributed by atoms with Gasteiger partial charge >= 0.3 is 41.7 Å². The first-order valence-electron chi connectivity index (χ1n) is 46.9. The number of rotatable bonds is 18. The minimum Gasteiger partial charge on any atom is -0.446 e. The summed E-state index contributed by atoms with van der Waals surface area (Å²) < 4.78 is 5.33. The summed E-state index contributed by atoms with van der Waals surface area (Å²) in [6, 6.07) is 40.6. The summed E-state index contributed by atoms with van der Waals surface area (Å²) in [5.74, 6) is 5.75. The molecule has 0 atom stereocenters. The van der Waals surface area contributed by atoms with E-state index >= 15 is 0 Å². The van der Waals surface area contributed by atoms with Crippen LogP contribution >= 0.6 is 0 Å². The largest absolute Gasteiger partial charge is 0.491 e. The van der Waals surface area contributed by atoms with Crippen LogP contribution in [0.25, 0.3) is 0 Å². The molecule has 6 aromatic rings. The molecule has 6 aromatic carbocycles. The van der Waals surface area contributed by atoms with Gasteiger partial charge in [0.1, 0.15) is 0 Å². The van der Waals surface area contributed by atoms with E-state index in [1.54, 1.807) is 0 Å². The number of hydrogen-bond donors (Lipinski definition) is 6. The van der Waals surface area contributed by atoms with Crippen LogP contribution in [0.2, 0.25) is 31.6 Å². The monoisotopic (exact) mass is 1500 g/mol. The molecule has 6 N–H and O–H groups in total. The molecular formula is C98H142B6O7. The number of aryl methyl sites for hydroxylation is 11. The Bertz CT molecular complexity index is 3750. The summed E-state index contributed by atoms with van der Waals surface area (Å²) in [6.07, 6.45) is 71.0. The standard InChI is InChI=1S/C19H29BO.C17H25BO2.C17H25BO.C16H23BO.C15H21BO.C14H19BO/c21-20-14-6-9-18-13-12-17(15-19(18)20)11-10-16-7-4-2-1-3-5-8-16;19-18-17-13-15(9-10-16(17)11-12-20-18)8-7-14-5-3-1-2-4-6-14;19-18-12-4-7-16-11-10-15(13-17(16)18)9-8-14-5-2-1-3-6-14;18-17-11-3-6-15-10-9-14(12-16(15)17)8-7-13-4-1-2-5-13;17-16-10-2-5-14-9-8-13(11-15(14)16)7-6-12-3-1-4-12;16-15-9-1-2-13-8-7-12(10-14(13)15)6-5-11-3-4-11/h12-13,15-16,21H,1-11,14H2;9-10,13-14,19H,1-8,11-12H2;10-11,13-14,19H,1-9,12H2;9-10,12-13,18H,1-8,11H2;8-9,11-12,17H,1-7,10H2;7-8,10-11,16H,1-6,9H2. The van der Waals surface area contributed by atoms with E-state index in [0.29, 0.717) is 6.61 Å². The molecule has 6 heterocycles. The van der Waals surface area contributed by atoms with E-state index in [-0.39, 0.29) is 34.6 Å². The molecule has 18 rings (SSSR count). The Balaban J connectivity index is 0.000000117. The van der Waals surface area contributed by atoms with Crippen molar-refractivity contribution in [2.24, 2.45) is 35.5 Å². The highest BCUT2D eigenvalue weighted by Crippen LogP contribution is 2.36. The van der Waals surface area contributed by atoms with Crippen LogP contribution in [0.15, 0.2) is 109 Å². The lowest BCUT2D eigenvalue weighted by atomic mass is 9.53. The highest BCUT2D eigenvalue weighted by molar-refractivity contribution is 6.68. The first-order valence-corrected chi connectivity index (χ1v) is 46.9. The zero-order chi connectivity index (χ0) is 76.4. The van der Waals surface area contributed by atoms with Crippen molar-refractivity contribution in [3.63, 3.8) is 0 Å². The van der Waals surface area contributed by atoms with Gasteiger partial charge in [0.2, 0.25) is 0 Å². The summed E-state index contributed by atoms with van der Waals surface area (Å²) in [5.41, 5.74) is 23.7. The van der Waals surface area contributed by atoms with Crippen molar-refractivity contribution in [1.82, 2.24) is 0 Å². The molecule has 6 fully saturated rings. The van der Waals surface area contributed by atoms with Gasteiger partial charge in [-0.1, -0.05) is 342 Å². The fraction of sp³-hybridized carbons (Fsp3) is 0.633. The molecule has 0 unspecified atom stereocenters. The first-order chi connectivity index (χ1) is 54.5. The van der Waals surface area contributed by atoms with Crippen LogP contribution < -0.4 is 32.8 Å². The van der Waals surface area contributed by atoms with Gasteiger partial charge in [0.05, 0.1) is 0 Å². The fourth-order valence-electron chi connectivity index (χ4n) is 21.2. The summed E-state index contributed by atoms with van der Waals surface area (Å²) in [5, 5.41) is 60.3. The quantitative estimate of drug-likeness (QED) is 0.0373. The second-order valence-electron chi connectivity index (χ2n) is 37.4. The topological polar surface area (TPSA) is 131 Å². The highest BCUT2D eigenvalue weighted by Gasteiger charge is 2.30. The van der Waals surface area contributed by atoms with Gasteiger partial charge in [-0.3, -0.25) is 0 Å². The van der Waals surface area contributed by atoms with Gasteiger partial charge in [-0.25, -0.2) is 0 Å². The number of hydrogen-bond acceptors (Lipinski definition) is 7. The molecule has 0 saturated heterocycles. The van der Waals surface area contributed by atoms with Crippen LogP contribution in [-0.2, 0) is 81.7 Å². The van der Waals surface area contributed by atoms with E-state index in [1.165, 1.54) is 338 Å². The third kappa shape index (κ3) is 26.5. The lowest BCUT2D eigenvalue weighted by Crippen LogP contribution is -2.41. The van der Waals surface area contributed by atoms with E-state index in [9.17, 15) is 30.1 Å². The van der Waals surface area contributed by atoms with Gasteiger partial charge in [0.15, 0.2) is 0 Å². The Labute approximate surface area is 675 Å². The Morgan fingerprint density at radius 3 is 0.676 bits per heavy atom.